The lowest BCUT2D eigenvalue weighted by Crippen LogP contribution is -2.47. The van der Waals surface area contributed by atoms with E-state index in [0.29, 0.717) is 25.7 Å². The van der Waals surface area contributed by atoms with Crippen molar-refractivity contribution in [3.05, 3.63) is 65.7 Å². The van der Waals surface area contributed by atoms with Gasteiger partial charge in [-0.1, -0.05) is 67.8 Å². The van der Waals surface area contributed by atoms with Crippen molar-refractivity contribution in [2.24, 2.45) is 5.92 Å². The maximum atomic E-state index is 14.2. The predicted molar refractivity (Wildman–Crippen MR) is 160 cm³/mol. The molecule has 1 saturated carbocycles. The summed E-state index contributed by atoms with van der Waals surface area (Å²) in [7, 11) is 0. The molecule has 2 aromatic carbocycles. The summed E-state index contributed by atoms with van der Waals surface area (Å²) in [5.74, 6) is 0.556. The average molecular weight is 545 g/mol. The number of ether oxygens (including phenoxy) is 1. The fourth-order valence-electron chi connectivity index (χ4n) is 6.29. The lowest BCUT2D eigenvalue weighted by Gasteiger charge is -2.35. The Kier molecular flexibility index (Phi) is 10.2. The van der Waals surface area contributed by atoms with Crippen LogP contribution in [0.4, 0.5) is 0 Å². The third-order valence-electron chi connectivity index (χ3n) is 8.62. The Hall–Kier alpha value is -2.84. The number of hydrogen-bond acceptors (Lipinski definition) is 6. The summed E-state index contributed by atoms with van der Waals surface area (Å²) in [6, 6.07) is 18.5. The number of fused-ring (bicyclic) bond motifs is 1. The van der Waals surface area contributed by atoms with E-state index in [0.717, 1.165) is 66.0 Å². The van der Waals surface area contributed by atoms with E-state index in [2.05, 4.69) is 34.2 Å². The minimum atomic E-state index is 0.0172. The number of piperazine rings is 1. The van der Waals surface area contributed by atoms with Crippen LogP contribution in [0.15, 0.2) is 54.6 Å². The molecule has 5 rings (SSSR count). The molecule has 1 atom stereocenters. The number of pyridine rings is 1. The van der Waals surface area contributed by atoms with E-state index >= 15 is 0 Å². The molecule has 2 aliphatic rings. The molecule has 1 unspecified atom stereocenters. The molecule has 7 heteroatoms. The summed E-state index contributed by atoms with van der Waals surface area (Å²) < 4.78 is 5.47. The molecule has 1 aromatic heterocycles. The van der Waals surface area contributed by atoms with E-state index in [-0.39, 0.29) is 18.6 Å². The zero-order valence-corrected chi connectivity index (χ0v) is 23.9. The van der Waals surface area contributed by atoms with Gasteiger partial charge >= 0.3 is 0 Å². The summed E-state index contributed by atoms with van der Waals surface area (Å²) in [5, 5.41) is 13.3. The monoisotopic (exact) mass is 544 g/mol. The van der Waals surface area contributed by atoms with Crippen LogP contribution < -0.4 is 5.32 Å². The van der Waals surface area contributed by atoms with Crippen LogP contribution in [-0.2, 0) is 11.3 Å². The van der Waals surface area contributed by atoms with Crippen LogP contribution in [0, 0.1) is 5.92 Å². The summed E-state index contributed by atoms with van der Waals surface area (Å²) in [4.78, 5) is 24.2. The van der Waals surface area contributed by atoms with Gasteiger partial charge < -0.3 is 15.2 Å². The Bertz CT molecular complexity index is 1240. The van der Waals surface area contributed by atoms with Crippen molar-refractivity contribution >= 4 is 16.8 Å². The molecule has 1 saturated heterocycles. The first kappa shape index (κ1) is 28.7. The third kappa shape index (κ3) is 7.07. The van der Waals surface area contributed by atoms with Crippen molar-refractivity contribution in [1.29, 1.82) is 0 Å². The van der Waals surface area contributed by atoms with Gasteiger partial charge in [-0.15, -0.1) is 0 Å². The molecule has 2 heterocycles. The highest BCUT2D eigenvalue weighted by Gasteiger charge is 2.28. The molecule has 214 valence electrons. The first-order valence-electron chi connectivity index (χ1n) is 15.0. The number of carbonyl (C=O) groups excluding carboxylic acids is 1. The normalized spacial score (nSPS) is 18.1. The Labute approximate surface area is 238 Å². The number of rotatable bonds is 11. The second-order valence-corrected chi connectivity index (χ2v) is 11.3. The van der Waals surface area contributed by atoms with Crippen molar-refractivity contribution < 1.29 is 14.6 Å². The maximum Gasteiger partial charge on any atom is 0.252 e. The number of carbonyl (C=O) groups is 1. The number of nitrogens with zero attached hydrogens (tertiary/aromatic N) is 3. The Morgan fingerprint density at radius 3 is 2.42 bits per heavy atom. The van der Waals surface area contributed by atoms with Crippen molar-refractivity contribution in [1.82, 2.24) is 20.1 Å². The fraction of sp³-hybridized carbons (Fsp3) is 0.515. The van der Waals surface area contributed by atoms with Gasteiger partial charge in [-0.2, -0.15) is 0 Å². The van der Waals surface area contributed by atoms with Crippen molar-refractivity contribution in [3.63, 3.8) is 0 Å². The number of nitrogens with one attached hydrogen (secondary N) is 1. The standard InChI is InChI=1S/C33H44N4O3/c1-25(26-10-4-2-5-11-26)34-33(39)31-28-14-8-9-15-30(28)35-32(27-12-6-3-7-13-27)29(31)24-37-18-16-36(17-19-37)20-22-40-23-21-38/h3,6-9,12-15,25-26,38H,2,4-5,10-11,16-24H2,1H3,(H,34,39). The van der Waals surface area contributed by atoms with E-state index in [1.807, 2.05) is 42.5 Å². The molecule has 2 N–H and O–H groups in total. The summed E-state index contributed by atoms with van der Waals surface area (Å²) in [5.41, 5.74) is 4.57. The lowest BCUT2D eigenvalue weighted by atomic mass is 9.84. The molecule has 7 nitrogen and oxygen atoms in total. The minimum absolute atomic E-state index is 0.0172. The second-order valence-electron chi connectivity index (χ2n) is 11.3. The Balaban J connectivity index is 1.44. The number of aromatic nitrogens is 1. The van der Waals surface area contributed by atoms with Gasteiger partial charge in [0.2, 0.25) is 0 Å². The Morgan fingerprint density at radius 1 is 0.975 bits per heavy atom. The van der Waals surface area contributed by atoms with Crippen LogP contribution in [0.25, 0.3) is 22.2 Å². The van der Waals surface area contributed by atoms with Crippen LogP contribution in [0.3, 0.4) is 0 Å². The van der Waals surface area contributed by atoms with Crippen molar-refractivity contribution in [3.8, 4) is 11.3 Å². The Morgan fingerprint density at radius 2 is 1.68 bits per heavy atom. The zero-order chi connectivity index (χ0) is 27.7. The van der Waals surface area contributed by atoms with Gasteiger partial charge in [0.25, 0.3) is 5.91 Å². The molecule has 3 aromatic rings. The molecule has 0 spiro atoms. The van der Waals surface area contributed by atoms with Crippen LogP contribution in [0.5, 0.6) is 0 Å². The molecule has 0 radical (unpaired) electrons. The van der Waals surface area contributed by atoms with Gasteiger partial charge in [-0.05, 0) is 31.7 Å². The van der Waals surface area contributed by atoms with Crippen molar-refractivity contribution in [2.75, 3.05) is 52.5 Å². The lowest BCUT2D eigenvalue weighted by molar-refractivity contribution is 0.0563. The number of aliphatic hydroxyl groups excluding tert-OH is 1. The van der Waals surface area contributed by atoms with E-state index in [4.69, 9.17) is 14.8 Å². The van der Waals surface area contributed by atoms with Crippen LogP contribution in [0.1, 0.15) is 54.9 Å². The second kappa shape index (κ2) is 14.2. The van der Waals surface area contributed by atoms with Gasteiger partial charge in [0.1, 0.15) is 0 Å². The SMILES string of the molecule is CC(NC(=O)c1c(CN2CCN(CCOCCO)CC2)c(-c2ccccc2)nc2ccccc12)C1CCCCC1. The van der Waals surface area contributed by atoms with Gasteiger partial charge in [0, 0.05) is 61.8 Å². The number of aliphatic hydroxyl groups is 1. The quantitative estimate of drug-likeness (QED) is 0.340. The van der Waals surface area contributed by atoms with Crippen LogP contribution in [0.2, 0.25) is 0 Å². The first-order valence-corrected chi connectivity index (χ1v) is 15.0. The number of hydrogen-bond donors (Lipinski definition) is 2. The van der Waals surface area contributed by atoms with E-state index < -0.39 is 0 Å². The largest absolute Gasteiger partial charge is 0.394 e. The van der Waals surface area contributed by atoms with E-state index in [9.17, 15) is 4.79 Å². The number of para-hydroxylation sites is 1. The molecule has 2 fully saturated rings. The third-order valence-corrected chi connectivity index (χ3v) is 8.62. The van der Waals surface area contributed by atoms with E-state index in [1.54, 1.807) is 0 Å². The summed E-state index contributed by atoms with van der Waals surface area (Å²) in [6.07, 6.45) is 6.20. The number of amides is 1. The molecular weight excluding hydrogens is 500 g/mol. The highest BCUT2D eigenvalue weighted by atomic mass is 16.5. The molecule has 40 heavy (non-hydrogen) atoms. The highest BCUT2D eigenvalue weighted by molar-refractivity contribution is 6.09. The topological polar surface area (TPSA) is 77.9 Å². The zero-order valence-electron chi connectivity index (χ0n) is 23.9. The molecular formula is C33H44N4O3. The number of benzene rings is 2. The van der Waals surface area contributed by atoms with Crippen LogP contribution in [-0.4, -0.2) is 84.4 Å². The van der Waals surface area contributed by atoms with E-state index in [1.165, 1.54) is 32.1 Å². The predicted octanol–water partition coefficient (Wildman–Crippen LogP) is 4.73. The van der Waals surface area contributed by atoms with Gasteiger partial charge in [0.05, 0.1) is 36.6 Å². The van der Waals surface area contributed by atoms with Gasteiger partial charge in [-0.25, -0.2) is 4.98 Å². The van der Waals surface area contributed by atoms with Gasteiger partial charge in [0.15, 0.2) is 0 Å². The molecule has 1 amide bonds. The van der Waals surface area contributed by atoms with Gasteiger partial charge in [-0.3, -0.25) is 14.6 Å². The maximum absolute atomic E-state index is 14.2. The highest BCUT2D eigenvalue weighted by Crippen LogP contribution is 2.32. The fourth-order valence-corrected chi connectivity index (χ4v) is 6.29. The summed E-state index contributed by atoms with van der Waals surface area (Å²) in [6.45, 7) is 8.55. The van der Waals surface area contributed by atoms with Crippen LogP contribution >= 0.6 is 0 Å². The molecule has 1 aliphatic carbocycles. The minimum Gasteiger partial charge on any atom is -0.394 e. The van der Waals surface area contributed by atoms with Crippen molar-refractivity contribution in [2.45, 2.75) is 51.6 Å². The summed E-state index contributed by atoms with van der Waals surface area (Å²) >= 11 is 0. The average Bonchev–Trinajstić information content (AvgIpc) is 3.00. The smallest absolute Gasteiger partial charge is 0.252 e. The first-order chi connectivity index (χ1) is 19.6. The molecule has 0 bridgehead atoms. The molecule has 1 aliphatic heterocycles.